The van der Waals surface area contributed by atoms with Gasteiger partial charge in [-0.2, -0.15) is 0 Å². The SMILES string of the molecule is CC(C)N(C(C)C)C(C)NC(N)=O. The van der Waals surface area contributed by atoms with E-state index in [1.807, 2.05) is 6.92 Å². The van der Waals surface area contributed by atoms with Crippen LogP contribution in [0.4, 0.5) is 4.79 Å². The van der Waals surface area contributed by atoms with Crippen molar-refractivity contribution < 1.29 is 4.79 Å². The Labute approximate surface area is 80.5 Å². The van der Waals surface area contributed by atoms with Gasteiger partial charge in [-0.15, -0.1) is 0 Å². The molecule has 0 aliphatic heterocycles. The molecule has 0 rings (SSSR count). The molecule has 4 heteroatoms. The number of hydrogen-bond donors (Lipinski definition) is 2. The predicted octanol–water partition coefficient (Wildman–Crippen LogP) is 1.12. The Bertz CT molecular complexity index is 160. The molecule has 0 aliphatic carbocycles. The maximum absolute atomic E-state index is 10.6. The molecule has 0 spiro atoms. The zero-order chi connectivity index (χ0) is 10.6. The zero-order valence-corrected chi connectivity index (χ0v) is 9.16. The Balaban J connectivity index is 4.28. The van der Waals surface area contributed by atoms with Crippen LogP contribution in [0.5, 0.6) is 0 Å². The number of urea groups is 1. The summed E-state index contributed by atoms with van der Waals surface area (Å²) in [6.07, 6.45) is -0.0162. The summed E-state index contributed by atoms with van der Waals surface area (Å²) in [4.78, 5) is 12.8. The normalized spacial score (nSPS) is 13.8. The van der Waals surface area contributed by atoms with Crippen molar-refractivity contribution in [3.05, 3.63) is 0 Å². The minimum absolute atomic E-state index is 0.0162. The molecular weight excluding hydrogens is 166 g/mol. The molecule has 13 heavy (non-hydrogen) atoms. The fraction of sp³-hybridized carbons (Fsp3) is 0.889. The van der Waals surface area contributed by atoms with Gasteiger partial charge in [0.15, 0.2) is 0 Å². The first-order valence-corrected chi connectivity index (χ1v) is 4.69. The molecular formula is C9H21N3O. The minimum Gasteiger partial charge on any atom is -0.352 e. The van der Waals surface area contributed by atoms with Gasteiger partial charge in [-0.1, -0.05) is 0 Å². The van der Waals surface area contributed by atoms with E-state index in [2.05, 4.69) is 37.9 Å². The van der Waals surface area contributed by atoms with Crippen LogP contribution in [-0.4, -0.2) is 29.2 Å². The second-order valence-corrected chi connectivity index (χ2v) is 3.82. The van der Waals surface area contributed by atoms with Crippen molar-refractivity contribution in [3.63, 3.8) is 0 Å². The van der Waals surface area contributed by atoms with Crippen LogP contribution in [0.2, 0.25) is 0 Å². The number of carbonyl (C=O) groups excluding carboxylic acids is 1. The van der Waals surface area contributed by atoms with Gasteiger partial charge >= 0.3 is 6.03 Å². The molecule has 0 radical (unpaired) electrons. The van der Waals surface area contributed by atoms with E-state index in [1.54, 1.807) is 0 Å². The third-order valence-electron chi connectivity index (χ3n) is 1.99. The quantitative estimate of drug-likeness (QED) is 0.648. The number of nitrogens with two attached hydrogens (primary N) is 1. The molecule has 0 saturated carbocycles. The molecule has 3 N–H and O–H groups in total. The molecule has 4 nitrogen and oxygen atoms in total. The van der Waals surface area contributed by atoms with Gasteiger partial charge in [0, 0.05) is 12.1 Å². The van der Waals surface area contributed by atoms with Crippen LogP contribution in [-0.2, 0) is 0 Å². The first-order valence-electron chi connectivity index (χ1n) is 4.69. The summed E-state index contributed by atoms with van der Waals surface area (Å²) in [6.45, 7) is 10.3. The number of carbonyl (C=O) groups is 1. The molecule has 0 aliphatic rings. The van der Waals surface area contributed by atoms with Gasteiger partial charge in [-0.05, 0) is 34.6 Å². The van der Waals surface area contributed by atoms with Crippen molar-refractivity contribution in [3.8, 4) is 0 Å². The van der Waals surface area contributed by atoms with E-state index in [0.717, 1.165) is 0 Å². The summed E-state index contributed by atoms with van der Waals surface area (Å²) in [5, 5.41) is 2.67. The van der Waals surface area contributed by atoms with E-state index in [4.69, 9.17) is 5.73 Å². The van der Waals surface area contributed by atoms with Crippen LogP contribution >= 0.6 is 0 Å². The van der Waals surface area contributed by atoms with Gasteiger partial charge in [0.25, 0.3) is 0 Å². The van der Waals surface area contributed by atoms with Crippen molar-refractivity contribution in [2.45, 2.75) is 52.9 Å². The molecule has 0 aromatic carbocycles. The highest BCUT2D eigenvalue weighted by atomic mass is 16.2. The Kier molecular flexibility index (Phi) is 4.77. The van der Waals surface area contributed by atoms with Crippen LogP contribution < -0.4 is 11.1 Å². The van der Waals surface area contributed by atoms with Crippen LogP contribution in [0.15, 0.2) is 0 Å². The van der Waals surface area contributed by atoms with E-state index >= 15 is 0 Å². The lowest BCUT2D eigenvalue weighted by atomic mass is 10.2. The van der Waals surface area contributed by atoms with E-state index < -0.39 is 6.03 Å². The van der Waals surface area contributed by atoms with Crippen LogP contribution in [0.3, 0.4) is 0 Å². The lowest BCUT2D eigenvalue weighted by Gasteiger charge is -2.36. The topological polar surface area (TPSA) is 58.4 Å². The minimum atomic E-state index is -0.473. The van der Waals surface area contributed by atoms with E-state index in [1.165, 1.54) is 0 Å². The molecule has 0 heterocycles. The van der Waals surface area contributed by atoms with E-state index in [0.29, 0.717) is 12.1 Å². The van der Waals surface area contributed by atoms with Crippen molar-refractivity contribution in [1.29, 1.82) is 0 Å². The van der Waals surface area contributed by atoms with Gasteiger partial charge in [0.1, 0.15) is 0 Å². The summed E-state index contributed by atoms with van der Waals surface area (Å²) in [5.41, 5.74) is 5.05. The maximum Gasteiger partial charge on any atom is 0.313 e. The molecule has 0 bridgehead atoms. The third-order valence-corrected chi connectivity index (χ3v) is 1.99. The summed E-state index contributed by atoms with van der Waals surface area (Å²) >= 11 is 0. The third kappa shape index (κ3) is 4.12. The first-order chi connectivity index (χ1) is 5.86. The van der Waals surface area contributed by atoms with Gasteiger partial charge in [-0.3, -0.25) is 4.90 Å². The lowest BCUT2D eigenvalue weighted by Crippen LogP contribution is -2.53. The lowest BCUT2D eigenvalue weighted by molar-refractivity contribution is 0.107. The molecule has 1 unspecified atom stereocenters. The Morgan fingerprint density at radius 3 is 1.77 bits per heavy atom. The Hall–Kier alpha value is -0.770. The molecule has 2 amide bonds. The van der Waals surface area contributed by atoms with Crippen LogP contribution in [0, 0.1) is 0 Å². The average Bonchev–Trinajstić information content (AvgIpc) is 1.81. The summed E-state index contributed by atoms with van der Waals surface area (Å²) < 4.78 is 0. The van der Waals surface area contributed by atoms with Gasteiger partial charge in [-0.25, -0.2) is 4.79 Å². The molecule has 0 fully saturated rings. The van der Waals surface area contributed by atoms with E-state index in [9.17, 15) is 4.79 Å². The second-order valence-electron chi connectivity index (χ2n) is 3.82. The highest BCUT2D eigenvalue weighted by Gasteiger charge is 2.20. The standard InChI is InChI=1S/C9H21N3O/c1-6(2)12(7(3)4)8(5)11-9(10)13/h6-8H,1-5H3,(H3,10,11,13). The maximum atomic E-state index is 10.6. The van der Waals surface area contributed by atoms with Gasteiger partial charge in [0.05, 0.1) is 6.17 Å². The molecule has 1 atom stereocenters. The summed E-state index contributed by atoms with van der Waals surface area (Å²) in [6, 6.07) is 0.308. The van der Waals surface area contributed by atoms with Gasteiger partial charge in [0.2, 0.25) is 0 Å². The highest BCUT2D eigenvalue weighted by Crippen LogP contribution is 2.08. The number of nitrogens with zero attached hydrogens (tertiary/aromatic N) is 1. The van der Waals surface area contributed by atoms with E-state index in [-0.39, 0.29) is 6.17 Å². The highest BCUT2D eigenvalue weighted by molar-refractivity contribution is 5.71. The molecule has 0 aromatic rings. The monoisotopic (exact) mass is 187 g/mol. The smallest absolute Gasteiger partial charge is 0.313 e. The van der Waals surface area contributed by atoms with Crippen molar-refractivity contribution in [2.24, 2.45) is 5.73 Å². The van der Waals surface area contributed by atoms with Gasteiger partial charge < -0.3 is 11.1 Å². The predicted molar refractivity (Wildman–Crippen MR) is 54.3 cm³/mol. The molecule has 0 saturated heterocycles. The van der Waals surface area contributed by atoms with Crippen molar-refractivity contribution in [2.75, 3.05) is 0 Å². The van der Waals surface area contributed by atoms with Crippen LogP contribution in [0.1, 0.15) is 34.6 Å². The number of hydrogen-bond acceptors (Lipinski definition) is 2. The average molecular weight is 187 g/mol. The van der Waals surface area contributed by atoms with Crippen molar-refractivity contribution >= 4 is 6.03 Å². The number of primary amides is 1. The zero-order valence-electron chi connectivity index (χ0n) is 9.16. The Morgan fingerprint density at radius 1 is 1.15 bits per heavy atom. The Morgan fingerprint density at radius 2 is 1.54 bits per heavy atom. The first kappa shape index (κ1) is 12.2. The number of nitrogens with one attached hydrogen (secondary N) is 1. The van der Waals surface area contributed by atoms with Crippen LogP contribution in [0.25, 0.3) is 0 Å². The number of amides is 2. The summed E-state index contributed by atoms with van der Waals surface area (Å²) in [5.74, 6) is 0. The second kappa shape index (κ2) is 5.07. The number of rotatable bonds is 4. The summed E-state index contributed by atoms with van der Waals surface area (Å²) in [7, 11) is 0. The fourth-order valence-electron chi connectivity index (χ4n) is 1.77. The molecule has 0 aromatic heterocycles. The fourth-order valence-corrected chi connectivity index (χ4v) is 1.77. The largest absolute Gasteiger partial charge is 0.352 e. The van der Waals surface area contributed by atoms with Crippen molar-refractivity contribution in [1.82, 2.24) is 10.2 Å². The molecule has 78 valence electrons.